The number of hydrogen-bond acceptors (Lipinski definition) is 4. The van der Waals surface area contributed by atoms with Gasteiger partial charge in [-0.05, 0) is 32.3 Å². The van der Waals surface area contributed by atoms with Crippen LogP contribution >= 0.6 is 0 Å². The SMILES string of the molecule is CN(C)Cc1cc(C=O)ccc1OC(=O)N(C)C. The smallest absolute Gasteiger partial charge is 0.410 e. The Kier molecular flexibility index (Phi) is 4.85. The van der Waals surface area contributed by atoms with E-state index in [9.17, 15) is 9.59 Å². The lowest BCUT2D eigenvalue weighted by Crippen LogP contribution is -2.26. The molecule has 0 aliphatic carbocycles. The van der Waals surface area contributed by atoms with Crippen LogP contribution in [0.5, 0.6) is 5.75 Å². The van der Waals surface area contributed by atoms with Gasteiger partial charge in [-0.2, -0.15) is 0 Å². The molecule has 0 aliphatic heterocycles. The first-order valence-corrected chi connectivity index (χ1v) is 5.56. The first kappa shape index (κ1) is 14.2. The molecule has 0 N–H and O–H groups in total. The van der Waals surface area contributed by atoms with Gasteiger partial charge in [0.05, 0.1) is 0 Å². The summed E-state index contributed by atoms with van der Waals surface area (Å²) in [6.07, 6.45) is 0.338. The number of benzene rings is 1. The van der Waals surface area contributed by atoms with Crippen molar-refractivity contribution in [3.8, 4) is 5.75 Å². The van der Waals surface area contributed by atoms with Gasteiger partial charge in [0.1, 0.15) is 12.0 Å². The van der Waals surface area contributed by atoms with Crippen LogP contribution in [0.3, 0.4) is 0 Å². The van der Waals surface area contributed by atoms with Crippen LogP contribution in [0.15, 0.2) is 18.2 Å². The molecule has 98 valence electrons. The van der Waals surface area contributed by atoms with E-state index in [2.05, 4.69) is 0 Å². The van der Waals surface area contributed by atoms with E-state index in [-0.39, 0.29) is 0 Å². The van der Waals surface area contributed by atoms with E-state index in [1.54, 1.807) is 32.3 Å². The first-order valence-electron chi connectivity index (χ1n) is 5.56. The Hall–Kier alpha value is -1.88. The van der Waals surface area contributed by atoms with Crippen molar-refractivity contribution in [3.63, 3.8) is 0 Å². The molecule has 0 saturated heterocycles. The Morgan fingerprint density at radius 1 is 1.28 bits per heavy atom. The Bertz CT molecular complexity index is 442. The van der Waals surface area contributed by atoms with Gasteiger partial charge >= 0.3 is 6.09 Å². The van der Waals surface area contributed by atoms with Crippen LogP contribution in [0.2, 0.25) is 0 Å². The maximum Gasteiger partial charge on any atom is 0.414 e. The van der Waals surface area contributed by atoms with E-state index in [4.69, 9.17) is 4.74 Å². The zero-order valence-corrected chi connectivity index (χ0v) is 11.1. The number of ether oxygens (including phenoxy) is 1. The van der Waals surface area contributed by atoms with Crippen molar-refractivity contribution in [2.75, 3.05) is 28.2 Å². The fourth-order valence-corrected chi connectivity index (χ4v) is 1.42. The highest BCUT2D eigenvalue weighted by Gasteiger charge is 2.12. The average Bonchev–Trinajstić information content (AvgIpc) is 2.30. The molecule has 1 aromatic rings. The minimum atomic E-state index is -0.436. The molecule has 5 heteroatoms. The summed E-state index contributed by atoms with van der Waals surface area (Å²) in [5.74, 6) is 0.480. The summed E-state index contributed by atoms with van der Waals surface area (Å²) in [5.41, 5.74) is 1.37. The van der Waals surface area contributed by atoms with Crippen LogP contribution in [0.1, 0.15) is 15.9 Å². The predicted molar refractivity (Wildman–Crippen MR) is 68.9 cm³/mol. The average molecular weight is 250 g/mol. The number of aldehydes is 1. The van der Waals surface area contributed by atoms with Gasteiger partial charge in [-0.25, -0.2) is 4.79 Å². The predicted octanol–water partition coefficient (Wildman–Crippen LogP) is 1.62. The third-order valence-electron chi connectivity index (χ3n) is 2.27. The molecule has 1 aromatic carbocycles. The van der Waals surface area contributed by atoms with Crippen molar-refractivity contribution in [3.05, 3.63) is 29.3 Å². The molecule has 0 aliphatic rings. The number of carbonyl (C=O) groups excluding carboxylic acids is 2. The third-order valence-corrected chi connectivity index (χ3v) is 2.27. The highest BCUT2D eigenvalue weighted by atomic mass is 16.6. The molecule has 0 heterocycles. The second-order valence-electron chi connectivity index (χ2n) is 4.49. The maximum absolute atomic E-state index is 11.5. The Balaban J connectivity index is 3.01. The molecular formula is C13H18N2O3. The van der Waals surface area contributed by atoms with Crippen molar-refractivity contribution in [2.24, 2.45) is 0 Å². The molecule has 0 bridgehead atoms. The lowest BCUT2D eigenvalue weighted by molar-refractivity contribution is 0.112. The first-order chi connectivity index (χ1) is 8.43. The largest absolute Gasteiger partial charge is 0.414 e. The number of nitrogens with zero attached hydrogens (tertiary/aromatic N) is 2. The van der Waals surface area contributed by atoms with Crippen molar-refractivity contribution in [1.29, 1.82) is 0 Å². The monoisotopic (exact) mass is 250 g/mol. The summed E-state index contributed by atoms with van der Waals surface area (Å²) in [4.78, 5) is 25.6. The number of carbonyl (C=O) groups is 2. The van der Waals surface area contributed by atoms with Crippen LogP contribution in [-0.4, -0.2) is 50.4 Å². The van der Waals surface area contributed by atoms with Crippen LogP contribution in [0.25, 0.3) is 0 Å². The van der Waals surface area contributed by atoms with Gasteiger partial charge in [-0.1, -0.05) is 0 Å². The molecule has 1 rings (SSSR count). The minimum Gasteiger partial charge on any atom is -0.410 e. The number of amides is 1. The highest BCUT2D eigenvalue weighted by molar-refractivity contribution is 5.76. The molecule has 0 fully saturated rings. The molecule has 0 aromatic heterocycles. The zero-order valence-electron chi connectivity index (χ0n) is 11.1. The van der Waals surface area contributed by atoms with E-state index in [1.807, 2.05) is 19.0 Å². The summed E-state index contributed by atoms with van der Waals surface area (Å²) in [7, 11) is 7.05. The standard InChI is InChI=1S/C13H18N2O3/c1-14(2)8-11-7-10(9-16)5-6-12(11)18-13(17)15(3)4/h5-7,9H,8H2,1-4H3. The van der Waals surface area contributed by atoms with E-state index in [0.29, 0.717) is 17.9 Å². The molecular weight excluding hydrogens is 232 g/mol. The van der Waals surface area contributed by atoms with Gasteiger partial charge in [0, 0.05) is 31.8 Å². The third kappa shape index (κ3) is 3.85. The highest BCUT2D eigenvalue weighted by Crippen LogP contribution is 2.21. The van der Waals surface area contributed by atoms with Crippen LogP contribution in [0, 0.1) is 0 Å². The molecule has 0 atom stereocenters. The number of rotatable bonds is 4. The second-order valence-corrected chi connectivity index (χ2v) is 4.49. The van der Waals surface area contributed by atoms with Crippen molar-refractivity contribution in [2.45, 2.75) is 6.54 Å². The summed E-state index contributed by atoms with van der Waals surface area (Å²) in [5, 5.41) is 0. The molecule has 18 heavy (non-hydrogen) atoms. The minimum absolute atomic E-state index is 0.436. The van der Waals surface area contributed by atoms with Crippen LogP contribution < -0.4 is 4.74 Å². The summed E-state index contributed by atoms with van der Waals surface area (Å²) < 4.78 is 5.25. The Labute approximate surface area is 107 Å². The van der Waals surface area contributed by atoms with E-state index >= 15 is 0 Å². The lowest BCUT2D eigenvalue weighted by atomic mass is 10.1. The Morgan fingerprint density at radius 2 is 1.94 bits per heavy atom. The van der Waals surface area contributed by atoms with Crippen molar-refractivity contribution >= 4 is 12.4 Å². The fourth-order valence-electron chi connectivity index (χ4n) is 1.42. The fraction of sp³-hybridized carbons (Fsp3) is 0.385. The van der Waals surface area contributed by atoms with Gasteiger partial charge < -0.3 is 14.5 Å². The topological polar surface area (TPSA) is 49.9 Å². The summed E-state index contributed by atoms with van der Waals surface area (Å²) in [6.45, 7) is 0.595. The summed E-state index contributed by atoms with van der Waals surface area (Å²) >= 11 is 0. The van der Waals surface area contributed by atoms with E-state index in [1.165, 1.54) is 4.90 Å². The Morgan fingerprint density at radius 3 is 2.44 bits per heavy atom. The van der Waals surface area contributed by atoms with Gasteiger partial charge in [0.15, 0.2) is 0 Å². The van der Waals surface area contributed by atoms with Gasteiger partial charge in [-0.15, -0.1) is 0 Å². The lowest BCUT2D eigenvalue weighted by Gasteiger charge is -2.16. The second kappa shape index (κ2) is 6.16. The van der Waals surface area contributed by atoms with Crippen molar-refractivity contribution in [1.82, 2.24) is 9.80 Å². The van der Waals surface area contributed by atoms with Gasteiger partial charge in [0.2, 0.25) is 0 Å². The maximum atomic E-state index is 11.5. The normalized spacial score (nSPS) is 10.3. The molecule has 1 amide bonds. The molecule has 0 saturated carbocycles. The molecule has 0 radical (unpaired) electrons. The molecule has 5 nitrogen and oxygen atoms in total. The van der Waals surface area contributed by atoms with Crippen LogP contribution in [-0.2, 0) is 6.54 Å². The van der Waals surface area contributed by atoms with E-state index < -0.39 is 6.09 Å². The molecule has 0 spiro atoms. The number of hydrogen-bond donors (Lipinski definition) is 0. The summed E-state index contributed by atoms with van der Waals surface area (Å²) in [6, 6.07) is 5.00. The van der Waals surface area contributed by atoms with E-state index in [0.717, 1.165) is 11.8 Å². The molecule has 0 unspecified atom stereocenters. The van der Waals surface area contributed by atoms with Crippen LogP contribution in [0.4, 0.5) is 4.79 Å². The van der Waals surface area contributed by atoms with Crippen molar-refractivity contribution < 1.29 is 14.3 Å². The van der Waals surface area contributed by atoms with Gasteiger partial charge in [-0.3, -0.25) is 4.79 Å². The van der Waals surface area contributed by atoms with Gasteiger partial charge in [0.25, 0.3) is 0 Å². The quantitative estimate of drug-likeness (QED) is 0.762. The zero-order chi connectivity index (χ0) is 13.7.